The van der Waals surface area contributed by atoms with Gasteiger partial charge in [0.2, 0.25) is 0 Å². The Morgan fingerprint density at radius 3 is 2.65 bits per heavy atom. The van der Waals surface area contributed by atoms with E-state index in [4.69, 9.17) is 0 Å². The van der Waals surface area contributed by atoms with Crippen LogP contribution < -0.4 is 4.90 Å². The third-order valence-corrected chi connectivity index (χ3v) is 4.73. The summed E-state index contributed by atoms with van der Waals surface area (Å²) < 4.78 is 0. The van der Waals surface area contributed by atoms with Crippen LogP contribution in [0.2, 0.25) is 0 Å². The van der Waals surface area contributed by atoms with Crippen LogP contribution in [-0.4, -0.2) is 48.2 Å². The van der Waals surface area contributed by atoms with E-state index in [0.29, 0.717) is 12.0 Å². The Balaban J connectivity index is 2.14. The standard InChI is InChI=1S/C12H21N3OS/c1-8-5-15(6-10(8)14(3)4)12-13-9(2)11(7-16)17-12/h8,10,16H,5-7H2,1-4H3. The number of hydrogen-bond donors (Lipinski definition) is 1. The van der Waals surface area contributed by atoms with Crippen LogP contribution in [-0.2, 0) is 6.61 Å². The number of aryl methyl sites for hydroxylation is 1. The summed E-state index contributed by atoms with van der Waals surface area (Å²) in [7, 11) is 4.27. The highest BCUT2D eigenvalue weighted by Crippen LogP contribution is 2.31. The molecule has 2 unspecified atom stereocenters. The minimum absolute atomic E-state index is 0.101. The van der Waals surface area contributed by atoms with Gasteiger partial charge in [0.1, 0.15) is 0 Å². The van der Waals surface area contributed by atoms with Crippen molar-refractivity contribution in [2.24, 2.45) is 5.92 Å². The summed E-state index contributed by atoms with van der Waals surface area (Å²) in [5.74, 6) is 0.659. The van der Waals surface area contributed by atoms with Crippen molar-refractivity contribution in [2.75, 3.05) is 32.1 Å². The zero-order chi connectivity index (χ0) is 12.6. The Kier molecular flexibility index (Phi) is 3.70. The van der Waals surface area contributed by atoms with Crippen LogP contribution in [0.4, 0.5) is 5.13 Å². The lowest BCUT2D eigenvalue weighted by molar-refractivity contribution is 0.266. The fourth-order valence-corrected chi connectivity index (χ4v) is 3.41. The van der Waals surface area contributed by atoms with Crippen LogP contribution in [0.25, 0.3) is 0 Å². The second-order valence-corrected chi connectivity index (χ2v) is 6.14. The molecule has 0 bridgehead atoms. The summed E-state index contributed by atoms with van der Waals surface area (Å²) in [6, 6.07) is 0.594. The zero-order valence-electron chi connectivity index (χ0n) is 11.0. The van der Waals surface area contributed by atoms with E-state index in [1.807, 2.05) is 6.92 Å². The van der Waals surface area contributed by atoms with E-state index < -0.39 is 0 Å². The number of aliphatic hydroxyl groups excluding tert-OH is 1. The zero-order valence-corrected chi connectivity index (χ0v) is 11.8. The van der Waals surface area contributed by atoms with Gasteiger partial charge in [-0.3, -0.25) is 0 Å². The number of aromatic nitrogens is 1. The fraction of sp³-hybridized carbons (Fsp3) is 0.750. The second kappa shape index (κ2) is 4.92. The molecule has 1 saturated heterocycles. The predicted molar refractivity (Wildman–Crippen MR) is 71.6 cm³/mol. The van der Waals surface area contributed by atoms with E-state index >= 15 is 0 Å². The van der Waals surface area contributed by atoms with E-state index in [9.17, 15) is 5.11 Å². The molecule has 1 aromatic heterocycles. The third kappa shape index (κ3) is 2.46. The van der Waals surface area contributed by atoms with Crippen molar-refractivity contribution >= 4 is 16.5 Å². The number of nitrogens with zero attached hydrogens (tertiary/aromatic N) is 3. The first kappa shape index (κ1) is 12.8. The molecule has 0 amide bonds. The first-order chi connectivity index (χ1) is 8.02. The average molecular weight is 255 g/mol. The molecule has 1 aromatic rings. The largest absolute Gasteiger partial charge is 0.391 e. The molecular weight excluding hydrogens is 234 g/mol. The molecule has 1 aliphatic heterocycles. The van der Waals surface area contributed by atoms with Gasteiger partial charge in [0.15, 0.2) is 5.13 Å². The van der Waals surface area contributed by atoms with Crippen molar-refractivity contribution in [2.45, 2.75) is 26.5 Å². The molecule has 0 aromatic carbocycles. The maximum atomic E-state index is 9.21. The van der Waals surface area contributed by atoms with Crippen molar-refractivity contribution < 1.29 is 5.11 Å². The normalized spacial score (nSPS) is 24.9. The van der Waals surface area contributed by atoms with Gasteiger partial charge in [0.05, 0.1) is 17.2 Å². The molecule has 5 heteroatoms. The van der Waals surface area contributed by atoms with E-state index in [1.165, 1.54) is 0 Å². The number of hydrogen-bond acceptors (Lipinski definition) is 5. The molecule has 0 aliphatic carbocycles. The molecule has 2 atom stereocenters. The summed E-state index contributed by atoms with van der Waals surface area (Å²) in [5.41, 5.74) is 0.966. The topological polar surface area (TPSA) is 39.6 Å². The van der Waals surface area contributed by atoms with E-state index in [0.717, 1.165) is 28.8 Å². The molecule has 0 radical (unpaired) electrons. The first-order valence-electron chi connectivity index (χ1n) is 6.01. The quantitative estimate of drug-likeness (QED) is 0.884. The van der Waals surface area contributed by atoms with Gasteiger partial charge in [-0.25, -0.2) is 4.98 Å². The van der Waals surface area contributed by atoms with Gasteiger partial charge in [-0.05, 0) is 26.9 Å². The van der Waals surface area contributed by atoms with Gasteiger partial charge in [-0.1, -0.05) is 18.3 Å². The number of thiazole rings is 1. The van der Waals surface area contributed by atoms with Crippen molar-refractivity contribution in [3.63, 3.8) is 0 Å². The highest BCUT2D eigenvalue weighted by molar-refractivity contribution is 7.15. The average Bonchev–Trinajstić information content (AvgIpc) is 2.81. The summed E-state index contributed by atoms with van der Waals surface area (Å²) in [4.78, 5) is 10.2. The van der Waals surface area contributed by atoms with Gasteiger partial charge in [-0.15, -0.1) is 0 Å². The lowest BCUT2D eigenvalue weighted by atomic mass is 10.1. The molecule has 96 valence electrons. The monoisotopic (exact) mass is 255 g/mol. The fourth-order valence-electron chi connectivity index (χ4n) is 2.47. The van der Waals surface area contributed by atoms with Crippen molar-refractivity contribution in [1.29, 1.82) is 0 Å². The smallest absolute Gasteiger partial charge is 0.185 e. The number of likely N-dealkylation sites (N-methyl/N-ethyl adjacent to an activating group) is 1. The summed E-state index contributed by atoms with van der Waals surface area (Å²) in [6.45, 7) is 6.45. The third-order valence-electron chi connectivity index (χ3n) is 3.53. The highest BCUT2D eigenvalue weighted by atomic mass is 32.1. The lowest BCUT2D eigenvalue weighted by Gasteiger charge is -2.22. The Bertz CT molecular complexity index is 391. The van der Waals surface area contributed by atoms with Gasteiger partial charge in [-0.2, -0.15) is 0 Å². The van der Waals surface area contributed by atoms with Crippen LogP contribution in [0.15, 0.2) is 0 Å². The van der Waals surface area contributed by atoms with Crippen molar-refractivity contribution in [1.82, 2.24) is 9.88 Å². The van der Waals surface area contributed by atoms with Gasteiger partial charge >= 0.3 is 0 Å². The molecule has 0 saturated carbocycles. The Morgan fingerprint density at radius 1 is 1.47 bits per heavy atom. The molecule has 1 fully saturated rings. The molecule has 2 heterocycles. The summed E-state index contributed by atoms with van der Waals surface area (Å²) in [6.07, 6.45) is 0. The Morgan fingerprint density at radius 2 is 2.18 bits per heavy atom. The molecule has 2 rings (SSSR count). The van der Waals surface area contributed by atoms with E-state index in [-0.39, 0.29) is 6.61 Å². The maximum absolute atomic E-state index is 9.21. The van der Waals surface area contributed by atoms with Gasteiger partial charge in [0, 0.05) is 19.1 Å². The summed E-state index contributed by atoms with van der Waals surface area (Å²) in [5, 5.41) is 10.3. The van der Waals surface area contributed by atoms with Crippen molar-refractivity contribution in [3.05, 3.63) is 10.6 Å². The van der Waals surface area contributed by atoms with Gasteiger partial charge < -0.3 is 14.9 Å². The molecule has 4 nitrogen and oxygen atoms in total. The van der Waals surface area contributed by atoms with E-state index in [1.54, 1.807) is 11.3 Å². The van der Waals surface area contributed by atoms with Crippen molar-refractivity contribution in [3.8, 4) is 0 Å². The molecular formula is C12H21N3OS. The first-order valence-corrected chi connectivity index (χ1v) is 6.83. The molecule has 0 spiro atoms. The number of anilines is 1. The maximum Gasteiger partial charge on any atom is 0.185 e. The lowest BCUT2D eigenvalue weighted by Crippen LogP contribution is -2.34. The molecule has 1 aliphatic rings. The minimum Gasteiger partial charge on any atom is -0.391 e. The Labute approximate surface area is 107 Å². The number of rotatable bonds is 3. The predicted octanol–water partition coefficient (Wildman–Crippen LogP) is 1.33. The van der Waals surface area contributed by atoms with Crippen LogP contribution in [0.5, 0.6) is 0 Å². The van der Waals surface area contributed by atoms with Crippen LogP contribution in [0, 0.1) is 12.8 Å². The second-order valence-electron chi connectivity index (χ2n) is 5.08. The highest BCUT2D eigenvalue weighted by Gasteiger charge is 2.32. The minimum atomic E-state index is 0.101. The SMILES string of the molecule is Cc1nc(N2CC(C)C(N(C)C)C2)sc1CO. The van der Waals surface area contributed by atoms with Crippen LogP contribution in [0.1, 0.15) is 17.5 Å². The summed E-state index contributed by atoms with van der Waals surface area (Å²) >= 11 is 1.62. The Hall–Kier alpha value is -0.650. The van der Waals surface area contributed by atoms with Gasteiger partial charge in [0.25, 0.3) is 0 Å². The van der Waals surface area contributed by atoms with Crippen LogP contribution in [0.3, 0.4) is 0 Å². The number of aliphatic hydroxyl groups is 1. The van der Waals surface area contributed by atoms with Crippen LogP contribution >= 0.6 is 11.3 Å². The van der Waals surface area contributed by atoms with E-state index in [2.05, 4.69) is 35.8 Å². The molecule has 1 N–H and O–H groups in total. The molecule has 17 heavy (non-hydrogen) atoms.